The molecule has 6 nitrogen and oxygen atoms in total. The fraction of sp³-hybridized carbons (Fsp3) is 0.333. The van der Waals surface area contributed by atoms with Crippen molar-refractivity contribution in [3.05, 3.63) is 48.2 Å². The molecule has 0 atom stereocenters. The summed E-state index contributed by atoms with van der Waals surface area (Å²) in [5, 5.41) is 0.492. The van der Waals surface area contributed by atoms with Crippen molar-refractivity contribution in [1.82, 2.24) is 15.0 Å². The van der Waals surface area contributed by atoms with Gasteiger partial charge in [-0.2, -0.15) is 4.39 Å². The lowest BCUT2D eigenvalue weighted by Gasteiger charge is -2.18. The van der Waals surface area contributed by atoms with Crippen molar-refractivity contribution in [2.45, 2.75) is 19.3 Å². The fourth-order valence-electron chi connectivity index (χ4n) is 3.52. The van der Waals surface area contributed by atoms with Crippen LogP contribution in [0.1, 0.15) is 28.2 Å². The zero-order valence-corrected chi connectivity index (χ0v) is 21.9. The van der Waals surface area contributed by atoms with Crippen molar-refractivity contribution < 1.29 is 9.18 Å². The second-order valence-corrected chi connectivity index (χ2v) is 10.7. The molecule has 0 amide bonds. The number of thiazole rings is 1. The van der Waals surface area contributed by atoms with Gasteiger partial charge >= 0.3 is 0 Å². The van der Waals surface area contributed by atoms with Crippen LogP contribution in [-0.4, -0.2) is 47.9 Å². The molecule has 0 spiro atoms. The SMILES string of the molecule is CN(CCc1nc(-c2cc(I)c(N3CCCC3)nc2F)sc1C=O)c1cncc(I)c1. The van der Waals surface area contributed by atoms with Crippen LogP contribution in [0.25, 0.3) is 10.6 Å². The van der Waals surface area contributed by atoms with Gasteiger partial charge in [-0.1, -0.05) is 0 Å². The minimum absolute atomic E-state index is 0.349. The summed E-state index contributed by atoms with van der Waals surface area (Å²) in [5.74, 6) is 0.154. The maximum absolute atomic E-state index is 14.9. The number of anilines is 2. The standard InChI is InChI=1S/C21H20FI2N5OS/c1-28(14-8-13(23)10-25-11-14)7-4-17-18(12-30)31-21(26-17)15-9-16(24)20(27-19(15)22)29-5-2-3-6-29/h8-12H,2-7H2,1H3. The third-order valence-electron chi connectivity index (χ3n) is 5.20. The van der Waals surface area contributed by atoms with Gasteiger partial charge in [0.25, 0.3) is 0 Å². The highest BCUT2D eigenvalue weighted by Gasteiger charge is 2.22. The molecule has 31 heavy (non-hydrogen) atoms. The van der Waals surface area contributed by atoms with E-state index in [1.165, 1.54) is 11.3 Å². The smallest absolute Gasteiger partial charge is 0.225 e. The van der Waals surface area contributed by atoms with E-state index in [2.05, 4.69) is 69.9 Å². The van der Waals surface area contributed by atoms with Gasteiger partial charge in [0.05, 0.1) is 31.6 Å². The maximum atomic E-state index is 14.9. The highest BCUT2D eigenvalue weighted by molar-refractivity contribution is 14.1. The molecule has 0 N–H and O–H groups in total. The van der Waals surface area contributed by atoms with E-state index in [1.807, 2.05) is 13.1 Å². The lowest BCUT2D eigenvalue weighted by atomic mass is 10.2. The monoisotopic (exact) mass is 663 g/mol. The van der Waals surface area contributed by atoms with Crippen LogP contribution in [0.2, 0.25) is 0 Å². The van der Waals surface area contributed by atoms with Gasteiger partial charge in [-0.25, -0.2) is 9.97 Å². The van der Waals surface area contributed by atoms with Crippen LogP contribution in [-0.2, 0) is 6.42 Å². The van der Waals surface area contributed by atoms with Gasteiger partial charge in [0.2, 0.25) is 5.95 Å². The lowest BCUT2D eigenvalue weighted by Crippen LogP contribution is -2.21. The molecule has 0 radical (unpaired) electrons. The largest absolute Gasteiger partial charge is 0.373 e. The quantitative estimate of drug-likeness (QED) is 0.201. The molecule has 0 bridgehead atoms. The minimum atomic E-state index is -0.540. The molecule has 0 aliphatic carbocycles. The molecular formula is C21H20FI2N5OS. The number of hydrogen-bond acceptors (Lipinski definition) is 7. The van der Waals surface area contributed by atoms with Gasteiger partial charge in [0.15, 0.2) is 6.29 Å². The summed E-state index contributed by atoms with van der Waals surface area (Å²) in [6, 6.07) is 3.84. The Balaban J connectivity index is 1.55. The Bertz CT molecular complexity index is 1100. The van der Waals surface area contributed by atoms with Crippen LogP contribution < -0.4 is 9.80 Å². The van der Waals surface area contributed by atoms with Gasteiger partial charge in [0.1, 0.15) is 10.8 Å². The minimum Gasteiger partial charge on any atom is -0.373 e. The molecule has 0 aromatic carbocycles. The number of aromatic nitrogens is 3. The number of halogens is 3. The predicted molar refractivity (Wildman–Crippen MR) is 139 cm³/mol. The molecule has 3 aromatic rings. The number of rotatable bonds is 7. The zero-order chi connectivity index (χ0) is 22.0. The molecule has 4 rings (SSSR count). The van der Waals surface area contributed by atoms with E-state index in [0.29, 0.717) is 39.9 Å². The average Bonchev–Trinajstić information content (AvgIpc) is 3.43. The molecule has 0 saturated carbocycles. The third kappa shape index (κ3) is 5.16. The van der Waals surface area contributed by atoms with E-state index in [-0.39, 0.29) is 0 Å². The topological polar surface area (TPSA) is 62.2 Å². The van der Waals surface area contributed by atoms with Gasteiger partial charge in [-0.15, -0.1) is 11.3 Å². The molecule has 1 saturated heterocycles. The number of hydrogen-bond donors (Lipinski definition) is 0. The number of carbonyl (C=O) groups is 1. The van der Waals surface area contributed by atoms with Crippen molar-refractivity contribution in [3.8, 4) is 10.6 Å². The van der Waals surface area contributed by atoms with Crippen molar-refractivity contribution in [2.75, 3.05) is 36.5 Å². The molecule has 1 fully saturated rings. The van der Waals surface area contributed by atoms with Crippen LogP contribution >= 0.6 is 56.5 Å². The fourth-order valence-corrected chi connectivity index (χ4v) is 5.70. The Morgan fingerprint density at radius 2 is 2.00 bits per heavy atom. The second kappa shape index (κ2) is 10.0. The first-order valence-electron chi connectivity index (χ1n) is 9.84. The number of likely N-dealkylation sites (N-methyl/N-ethyl adjacent to an activating group) is 1. The molecule has 1 aliphatic heterocycles. The first-order chi connectivity index (χ1) is 15.0. The van der Waals surface area contributed by atoms with Crippen LogP contribution in [0.5, 0.6) is 0 Å². The first-order valence-corrected chi connectivity index (χ1v) is 12.8. The van der Waals surface area contributed by atoms with E-state index in [0.717, 1.165) is 45.0 Å². The van der Waals surface area contributed by atoms with E-state index < -0.39 is 5.95 Å². The molecule has 3 aromatic heterocycles. The van der Waals surface area contributed by atoms with Crippen LogP contribution in [0.15, 0.2) is 24.5 Å². The summed E-state index contributed by atoms with van der Waals surface area (Å²) in [7, 11) is 1.98. The lowest BCUT2D eigenvalue weighted by molar-refractivity contribution is 0.112. The van der Waals surface area contributed by atoms with Crippen molar-refractivity contribution in [2.24, 2.45) is 0 Å². The Morgan fingerprint density at radius 3 is 2.71 bits per heavy atom. The average molecular weight is 663 g/mol. The van der Waals surface area contributed by atoms with Crippen molar-refractivity contribution in [3.63, 3.8) is 0 Å². The number of aldehydes is 1. The van der Waals surface area contributed by atoms with Crippen LogP contribution in [0.4, 0.5) is 15.9 Å². The van der Waals surface area contributed by atoms with Crippen molar-refractivity contribution in [1.29, 1.82) is 0 Å². The Labute approximate surface area is 211 Å². The summed E-state index contributed by atoms with van der Waals surface area (Å²) < 4.78 is 16.9. The van der Waals surface area contributed by atoms with Crippen LogP contribution in [0, 0.1) is 13.1 Å². The highest BCUT2D eigenvalue weighted by Crippen LogP contribution is 2.33. The molecule has 0 unspecified atom stereocenters. The van der Waals surface area contributed by atoms with Gasteiger partial charge < -0.3 is 9.80 Å². The summed E-state index contributed by atoms with van der Waals surface area (Å²) >= 11 is 5.65. The number of pyridine rings is 2. The van der Waals surface area contributed by atoms with Gasteiger partial charge in [-0.05, 0) is 70.2 Å². The summed E-state index contributed by atoms with van der Waals surface area (Å²) in [6.07, 6.45) is 7.19. The van der Waals surface area contributed by atoms with E-state index in [4.69, 9.17) is 0 Å². The number of carbonyl (C=O) groups excluding carboxylic acids is 1. The Hall–Kier alpha value is -1.41. The Kier molecular flexibility index (Phi) is 7.37. The van der Waals surface area contributed by atoms with E-state index in [9.17, 15) is 9.18 Å². The van der Waals surface area contributed by atoms with Crippen LogP contribution in [0.3, 0.4) is 0 Å². The predicted octanol–water partition coefficient (Wildman–Crippen LogP) is 5.04. The molecule has 1 aliphatic rings. The normalized spacial score (nSPS) is 13.6. The summed E-state index contributed by atoms with van der Waals surface area (Å²) in [4.78, 5) is 29.4. The highest BCUT2D eigenvalue weighted by atomic mass is 127. The second-order valence-electron chi connectivity index (χ2n) is 7.31. The number of nitrogens with zero attached hydrogens (tertiary/aromatic N) is 5. The van der Waals surface area contributed by atoms with Gasteiger partial charge in [-0.3, -0.25) is 9.78 Å². The molecule has 162 valence electrons. The Morgan fingerprint density at radius 1 is 1.23 bits per heavy atom. The maximum Gasteiger partial charge on any atom is 0.225 e. The molecular weight excluding hydrogens is 643 g/mol. The van der Waals surface area contributed by atoms with Crippen molar-refractivity contribution >= 4 is 74.3 Å². The first kappa shape index (κ1) is 22.8. The zero-order valence-electron chi connectivity index (χ0n) is 16.8. The molecule has 4 heterocycles. The van der Waals surface area contributed by atoms with E-state index in [1.54, 1.807) is 18.5 Å². The summed E-state index contributed by atoms with van der Waals surface area (Å²) in [5.41, 5.74) is 2.03. The molecule has 10 heteroatoms. The summed E-state index contributed by atoms with van der Waals surface area (Å²) in [6.45, 7) is 2.47. The van der Waals surface area contributed by atoms with Gasteiger partial charge in [0, 0.05) is 42.9 Å². The third-order valence-corrected chi connectivity index (χ3v) is 7.64. The van der Waals surface area contributed by atoms with E-state index >= 15 is 0 Å².